The smallest absolute Gasteiger partial charge is 0.187 e. The van der Waals surface area contributed by atoms with E-state index in [-0.39, 0.29) is 6.61 Å². The van der Waals surface area contributed by atoms with Crippen LogP contribution in [0.3, 0.4) is 0 Å². The molecule has 144 valence electrons. The first-order valence-corrected chi connectivity index (χ1v) is 9.11. The highest BCUT2D eigenvalue weighted by molar-refractivity contribution is 9.10. The van der Waals surface area contributed by atoms with Crippen molar-refractivity contribution in [2.75, 3.05) is 14.2 Å². The van der Waals surface area contributed by atoms with Gasteiger partial charge in [-0.1, -0.05) is 15.9 Å². The van der Waals surface area contributed by atoms with Crippen molar-refractivity contribution < 1.29 is 33.2 Å². The molecular formula is C18H23BrO7. The number of carbonyl (C=O) groups excluding carboxylic acids is 1. The Morgan fingerprint density at radius 3 is 2.62 bits per heavy atom. The molecule has 26 heavy (non-hydrogen) atoms. The normalized spacial score (nSPS) is 32.9. The predicted molar refractivity (Wildman–Crippen MR) is 94.8 cm³/mol. The van der Waals surface area contributed by atoms with Gasteiger partial charge in [0.15, 0.2) is 18.4 Å². The number of methoxy groups -OCH3 is 2. The molecule has 2 aliphatic heterocycles. The van der Waals surface area contributed by atoms with Crippen LogP contribution in [0.15, 0.2) is 22.7 Å². The van der Waals surface area contributed by atoms with Crippen molar-refractivity contribution in [2.45, 2.75) is 56.9 Å². The Labute approximate surface area is 161 Å². The minimum absolute atomic E-state index is 0.251. The van der Waals surface area contributed by atoms with E-state index in [1.807, 2.05) is 32.0 Å². The first-order chi connectivity index (χ1) is 12.4. The first-order valence-electron chi connectivity index (χ1n) is 8.31. The Morgan fingerprint density at radius 1 is 1.23 bits per heavy atom. The highest BCUT2D eigenvalue weighted by Gasteiger charge is 2.56. The zero-order valence-corrected chi connectivity index (χ0v) is 16.7. The summed E-state index contributed by atoms with van der Waals surface area (Å²) < 4.78 is 35.1. The van der Waals surface area contributed by atoms with Gasteiger partial charge in [0.05, 0.1) is 13.7 Å². The van der Waals surface area contributed by atoms with Gasteiger partial charge in [-0.25, -0.2) is 0 Å². The molecule has 1 aromatic carbocycles. The number of halogens is 1. The molecule has 2 saturated heterocycles. The van der Waals surface area contributed by atoms with Crippen LogP contribution in [0, 0.1) is 0 Å². The number of hydrogen-bond donors (Lipinski definition) is 0. The molecule has 0 bridgehead atoms. The Balaban J connectivity index is 1.79. The van der Waals surface area contributed by atoms with E-state index in [1.165, 1.54) is 7.11 Å². The molecular weight excluding hydrogens is 408 g/mol. The van der Waals surface area contributed by atoms with E-state index in [0.717, 1.165) is 15.8 Å². The minimum Gasteiger partial charge on any atom is -0.497 e. The van der Waals surface area contributed by atoms with Crippen molar-refractivity contribution in [3.63, 3.8) is 0 Å². The molecule has 7 nitrogen and oxygen atoms in total. The minimum atomic E-state index is -0.817. The largest absolute Gasteiger partial charge is 0.497 e. The van der Waals surface area contributed by atoms with E-state index in [4.69, 9.17) is 28.4 Å². The molecule has 5 atom stereocenters. The Morgan fingerprint density at radius 2 is 1.96 bits per heavy atom. The van der Waals surface area contributed by atoms with Crippen LogP contribution < -0.4 is 4.74 Å². The van der Waals surface area contributed by atoms with Crippen LogP contribution in [0.25, 0.3) is 0 Å². The van der Waals surface area contributed by atoms with Crippen LogP contribution >= 0.6 is 15.9 Å². The predicted octanol–water partition coefficient (Wildman–Crippen LogP) is 2.43. The standard InChI is InChI=1S/C18H23BrO7/c1-18(2)25-15-14(13(8-20)24-17(22-4)16(15)26-18)23-9-10-7-11(21-3)5-6-12(10)19/h5-8,13-17H,9H2,1-4H3/t13-,14-,15+,16+,17+/m1/s1. The summed E-state index contributed by atoms with van der Waals surface area (Å²) in [5.74, 6) is -0.0941. The number of rotatable bonds is 6. The number of hydrogen-bond acceptors (Lipinski definition) is 7. The van der Waals surface area contributed by atoms with E-state index in [0.29, 0.717) is 6.29 Å². The van der Waals surface area contributed by atoms with Gasteiger partial charge in [0.25, 0.3) is 0 Å². The summed E-state index contributed by atoms with van der Waals surface area (Å²) in [5.41, 5.74) is 0.887. The molecule has 0 saturated carbocycles. The topological polar surface area (TPSA) is 72.5 Å². The maximum atomic E-state index is 11.6. The number of carbonyl (C=O) groups is 1. The van der Waals surface area contributed by atoms with Crippen LogP contribution in [0.5, 0.6) is 5.75 Å². The first kappa shape index (κ1) is 19.7. The molecule has 0 spiro atoms. The maximum Gasteiger partial charge on any atom is 0.187 e. The Bertz CT molecular complexity index is 650. The van der Waals surface area contributed by atoms with Crippen molar-refractivity contribution >= 4 is 22.2 Å². The molecule has 1 aromatic rings. The van der Waals surface area contributed by atoms with E-state index in [1.54, 1.807) is 7.11 Å². The van der Waals surface area contributed by atoms with Gasteiger partial charge < -0.3 is 33.2 Å². The zero-order valence-electron chi connectivity index (χ0n) is 15.1. The molecule has 0 amide bonds. The van der Waals surface area contributed by atoms with Crippen LogP contribution in [0.4, 0.5) is 0 Å². The van der Waals surface area contributed by atoms with Gasteiger partial charge >= 0.3 is 0 Å². The lowest BCUT2D eigenvalue weighted by Crippen LogP contribution is -2.58. The van der Waals surface area contributed by atoms with Crippen LogP contribution in [0.1, 0.15) is 19.4 Å². The van der Waals surface area contributed by atoms with Gasteiger partial charge in [0.2, 0.25) is 0 Å². The summed E-state index contributed by atoms with van der Waals surface area (Å²) in [6.07, 6.45) is -2.39. The van der Waals surface area contributed by atoms with Gasteiger partial charge in [0, 0.05) is 11.6 Å². The molecule has 0 aromatic heterocycles. The fraction of sp³-hybridized carbons (Fsp3) is 0.611. The third kappa shape index (κ3) is 3.95. The Hall–Kier alpha value is -1.03. The highest BCUT2D eigenvalue weighted by atomic mass is 79.9. The Kier molecular flexibility index (Phi) is 6.01. The lowest BCUT2D eigenvalue weighted by Gasteiger charge is -2.39. The molecule has 8 heteroatoms. The fourth-order valence-corrected chi connectivity index (χ4v) is 3.60. The van der Waals surface area contributed by atoms with Gasteiger partial charge in [-0.15, -0.1) is 0 Å². The van der Waals surface area contributed by atoms with Crippen LogP contribution in [-0.4, -0.2) is 57.0 Å². The second-order valence-electron chi connectivity index (χ2n) is 6.64. The van der Waals surface area contributed by atoms with Crippen molar-refractivity contribution in [3.05, 3.63) is 28.2 Å². The molecule has 0 N–H and O–H groups in total. The molecule has 3 rings (SSSR count). The maximum absolute atomic E-state index is 11.6. The average molecular weight is 431 g/mol. The van der Waals surface area contributed by atoms with E-state index < -0.39 is 36.5 Å². The monoisotopic (exact) mass is 430 g/mol. The second-order valence-corrected chi connectivity index (χ2v) is 7.49. The summed E-state index contributed by atoms with van der Waals surface area (Å²) in [7, 11) is 3.11. The summed E-state index contributed by atoms with van der Waals surface area (Å²) >= 11 is 3.50. The summed E-state index contributed by atoms with van der Waals surface area (Å²) in [4.78, 5) is 11.6. The molecule has 2 fully saturated rings. The zero-order chi connectivity index (χ0) is 18.9. The highest BCUT2D eigenvalue weighted by Crippen LogP contribution is 2.39. The molecule has 2 heterocycles. The van der Waals surface area contributed by atoms with E-state index in [9.17, 15) is 4.79 Å². The quantitative estimate of drug-likeness (QED) is 0.641. The van der Waals surface area contributed by atoms with Crippen LogP contribution in [0.2, 0.25) is 0 Å². The molecule has 0 radical (unpaired) electrons. The fourth-order valence-electron chi connectivity index (χ4n) is 3.24. The van der Waals surface area contributed by atoms with Crippen molar-refractivity contribution in [3.8, 4) is 5.75 Å². The molecule has 0 aliphatic carbocycles. The SMILES string of the molecule is COc1ccc(Br)c(CO[C@H]2[C@@H]3OC(C)(C)O[C@@H]3[C@@H](OC)O[C@@H]2C=O)c1. The van der Waals surface area contributed by atoms with Crippen LogP contribution in [-0.2, 0) is 35.1 Å². The summed E-state index contributed by atoms with van der Waals surface area (Å²) in [5, 5.41) is 0. The third-order valence-electron chi connectivity index (χ3n) is 4.42. The number of ether oxygens (including phenoxy) is 6. The molecule has 0 unspecified atom stereocenters. The second kappa shape index (κ2) is 7.92. The van der Waals surface area contributed by atoms with Gasteiger partial charge in [-0.3, -0.25) is 0 Å². The van der Waals surface area contributed by atoms with Gasteiger partial charge in [-0.2, -0.15) is 0 Å². The number of benzene rings is 1. The van der Waals surface area contributed by atoms with E-state index >= 15 is 0 Å². The van der Waals surface area contributed by atoms with Crippen molar-refractivity contribution in [1.82, 2.24) is 0 Å². The lowest BCUT2D eigenvalue weighted by atomic mass is 9.99. The number of fused-ring (bicyclic) bond motifs is 1. The third-order valence-corrected chi connectivity index (χ3v) is 5.19. The lowest BCUT2D eigenvalue weighted by molar-refractivity contribution is -0.266. The average Bonchev–Trinajstić information content (AvgIpc) is 2.95. The van der Waals surface area contributed by atoms with Gasteiger partial charge in [-0.05, 0) is 37.6 Å². The van der Waals surface area contributed by atoms with Crippen molar-refractivity contribution in [2.24, 2.45) is 0 Å². The molecule has 2 aliphatic rings. The van der Waals surface area contributed by atoms with Crippen molar-refractivity contribution in [1.29, 1.82) is 0 Å². The summed E-state index contributed by atoms with van der Waals surface area (Å²) in [6, 6.07) is 5.60. The number of aldehydes is 1. The van der Waals surface area contributed by atoms with Gasteiger partial charge in [0.1, 0.15) is 30.2 Å². The summed E-state index contributed by atoms with van der Waals surface area (Å²) in [6.45, 7) is 3.87. The van der Waals surface area contributed by atoms with E-state index in [2.05, 4.69) is 15.9 Å².